The van der Waals surface area contributed by atoms with Crippen molar-refractivity contribution in [2.75, 3.05) is 5.32 Å². The van der Waals surface area contributed by atoms with E-state index in [-0.39, 0.29) is 17.5 Å². The van der Waals surface area contributed by atoms with Crippen LogP contribution in [0.15, 0.2) is 17.1 Å². The van der Waals surface area contributed by atoms with Crippen LogP contribution in [-0.4, -0.2) is 27.3 Å². The number of hydrogen-bond donors (Lipinski definition) is 1. The zero-order valence-electron chi connectivity index (χ0n) is 10.8. The zero-order chi connectivity index (χ0) is 14.0. The van der Waals surface area contributed by atoms with Gasteiger partial charge in [0.2, 0.25) is 5.91 Å². The molecule has 1 aliphatic rings. The third-order valence-electron chi connectivity index (χ3n) is 2.90. The summed E-state index contributed by atoms with van der Waals surface area (Å²) in [5.74, 6) is -0.0569. The molecule has 1 amide bonds. The predicted molar refractivity (Wildman–Crippen MR) is 66.6 cm³/mol. The summed E-state index contributed by atoms with van der Waals surface area (Å²) in [4.78, 5) is 37.8. The van der Waals surface area contributed by atoms with E-state index in [0.717, 1.165) is 0 Å². The van der Waals surface area contributed by atoms with Gasteiger partial charge in [0.15, 0.2) is 5.78 Å². The molecule has 0 spiro atoms. The van der Waals surface area contributed by atoms with E-state index in [0.29, 0.717) is 12.8 Å². The summed E-state index contributed by atoms with van der Waals surface area (Å²) in [6.45, 7) is 3.00. The van der Waals surface area contributed by atoms with Gasteiger partial charge in [-0.15, -0.1) is 0 Å². The number of ketones is 1. The molecule has 1 aromatic heterocycles. The van der Waals surface area contributed by atoms with Crippen LogP contribution in [0.2, 0.25) is 0 Å². The maximum Gasteiger partial charge on any atom is 0.351 e. The molecule has 102 valence electrons. The maximum absolute atomic E-state index is 11.8. The molecule has 1 N–H and O–H groups in total. The molecular weight excluding hydrogens is 250 g/mol. The number of Topliss-reactive ketones (excluding diaryl/α,β-unsaturated/α-hetero) is 1. The van der Waals surface area contributed by atoms with E-state index in [9.17, 15) is 14.4 Å². The molecule has 7 nitrogen and oxygen atoms in total. The molecule has 1 aromatic rings. The first-order valence-electron chi connectivity index (χ1n) is 6.02. The number of rotatable bonds is 2. The molecule has 0 aliphatic carbocycles. The second-order valence-corrected chi connectivity index (χ2v) is 4.42. The lowest BCUT2D eigenvalue weighted by molar-refractivity contribution is -0.148. The molecule has 1 saturated heterocycles. The Morgan fingerprint density at radius 2 is 2.26 bits per heavy atom. The second kappa shape index (κ2) is 5.31. The molecule has 7 heteroatoms. The average Bonchev–Trinajstić information content (AvgIpc) is 2.32. The summed E-state index contributed by atoms with van der Waals surface area (Å²) < 4.78 is 6.80. The standard InChI is InChI=1S/C12H15N3O4/c1-7-9(17)3-4-11(19-7)15-6-5-10(13-8(2)16)14-12(15)18/h5-7,11H,3-4H2,1-2H3,(H,13,14,16,18). The molecule has 0 bridgehead atoms. The van der Waals surface area contributed by atoms with Gasteiger partial charge in [-0.2, -0.15) is 4.98 Å². The van der Waals surface area contributed by atoms with Crippen molar-refractivity contribution in [3.63, 3.8) is 0 Å². The van der Waals surface area contributed by atoms with Gasteiger partial charge >= 0.3 is 5.69 Å². The number of nitrogens with zero attached hydrogens (tertiary/aromatic N) is 2. The molecule has 0 radical (unpaired) electrons. The molecule has 19 heavy (non-hydrogen) atoms. The molecule has 1 fully saturated rings. The Morgan fingerprint density at radius 3 is 2.84 bits per heavy atom. The van der Waals surface area contributed by atoms with Crippen LogP contribution in [0.4, 0.5) is 5.82 Å². The third kappa shape index (κ3) is 3.05. The van der Waals surface area contributed by atoms with Crippen molar-refractivity contribution < 1.29 is 14.3 Å². The molecule has 0 saturated carbocycles. The van der Waals surface area contributed by atoms with Crippen molar-refractivity contribution in [2.45, 2.75) is 39.0 Å². The Bertz CT molecular complexity index is 566. The highest BCUT2D eigenvalue weighted by molar-refractivity contribution is 5.87. The van der Waals surface area contributed by atoms with E-state index < -0.39 is 18.0 Å². The van der Waals surface area contributed by atoms with Crippen LogP contribution in [0.5, 0.6) is 0 Å². The fraction of sp³-hybridized carbons (Fsp3) is 0.500. The minimum absolute atomic E-state index is 0.0344. The van der Waals surface area contributed by atoms with Gasteiger partial charge in [0, 0.05) is 19.5 Å². The van der Waals surface area contributed by atoms with E-state index in [2.05, 4.69) is 10.3 Å². The van der Waals surface area contributed by atoms with Crippen molar-refractivity contribution in [3.05, 3.63) is 22.7 Å². The number of carbonyl (C=O) groups excluding carboxylic acids is 2. The largest absolute Gasteiger partial charge is 0.351 e. The van der Waals surface area contributed by atoms with Crippen molar-refractivity contribution in [2.24, 2.45) is 0 Å². The highest BCUT2D eigenvalue weighted by Crippen LogP contribution is 2.23. The van der Waals surface area contributed by atoms with Crippen LogP contribution in [0, 0.1) is 0 Å². The lowest BCUT2D eigenvalue weighted by atomic mass is 10.1. The summed E-state index contributed by atoms with van der Waals surface area (Å²) in [7, 11) is 0. The molecular formula is C12H15N3O4. The molecule has 2 rings (SSSR count). The first kappa shape index (κ1) is 13.4. The van der Waals surface area contributed by atoms with E-state index >= 15 is 0 Å². The normalized spacial score (nSPS) is 23.2. The lowest BCUT2D eigenvalue weighted by Gasteiger charge is -2.27. The first-order chi connectivity index (χ1) is 8.97. The van der Waals surface area contributed by atoms with Gasteiger partial charge in [-0.25, -0.2) is 4.79 Å². The Balaban J connectivity index is 2.19. The number of carbonyl (C=O) groups is 2. The van der Waals surface area contributed by atoms with Crippen molar-refractivity contribution in [3.8, 4) is 0 Å². The molecule has 2 unspecified atom stereocenters. The highest BCUT2D eigenvalue weighted by atomic mass is 16.5. The topological polar surface area (TPSA) is 90.3 Å². The van der Waals surface area contributed by atoms with E-state index in [1.54, 1.807) is 6.92 Å². The fourth-order valence-electron chi connectivity index (χ4n) is 1.94. The summed E-state index contributed by atoms with van der Waals surface area (Å²) in [6, 6.07) is 1.52. The van der Waals surface area contributed by atoms with Gasteiger partial charge in [0.1, 0.15) is 18.1 Å². The van der Waals surface area contributed by atoms with Gasteiger partial charge < -0.3 is 10.1 Å². The third-order valence-corrected chi connectivity index (χ3v) is 2.90. The number of anilines is 1. The van der Waals surface area contributed by atoms with Crippen LogP contribution in [0.3, 0.4) is 0 Å². The SMILES string of the molecule is CC(=O)Nc1ccn(C2CCC(=O)C(C)O2)c(=O)n1. The van der Waals surface area contributed by atoms with Gasteiger partial charge in [-0.05, 0) is 19.4 Å². The number of ether oxygens (including phenoxy) is 1. The van der Waals surface area contributed by atoms with Crippen molar-refractivity contribution in [1.29, 1.82) is 0 Å². The quantitative estimate of drug-likeness (QED) is 0.839. The molecule has 2 heterocycles. The second-order valence-electron chi connectivity index (χ2n) is 4.42. The lowest BCUT2D eigenvalue weighted by Crippen LogP contribution is -2.36. The number of nitrogens with one attached hydrogen (secondary N) is 1. The minimum atomic E-state index is -0.516. The number of aromatic nitrogens is 2. The van der Waals surface area contributed by atoms with Crippen LogP contribution in [-0.2, 0) is 14.3 Å². The minimum Gasteiger partial charge on any atom is -0.347 e. The van der Waals surface area contributed by atoms with Crippen LogP contribution in [0.25, 0.3) is 0 Å². The van der Waals surface area contributed by atoms with Crippen molar-refractivity contribution >= 4 is 17.5 Å². The van der Waals surface area contributed by atoms with E-state index in [1.807, 2.05) is 0 Å². The monoisotopic (exact) mass is 265 g/mol. The van der Waals surface area contributed by atoms with E-state index in [1.165, 1.54) is 23.8 Å². The average molecular weight is 265 g/mol. The first-order valence-corrected chi connectivity index (χ1v) is 6.02. The Morgan fingerprint density at radius 1 is 1.53 bits per heavy atom. The maximum atomic E-state index is 11.8. The Kier molecular flexibility index (Phi) is 3.75. The van der Waals surface area contributed by atoms with Gasteiger partial charge in [0.25, 0.3) is 0 Å². The van der Waals surface area contributed by atoms with E-state index in [4.69, 9.17) is 4.74 Å². The number of hydrogen-bond acceptors (Lipinski definition) is 5. The summed E-state index contributed by atoms with van der Waals surface area (Å²) in [5.41, 5.74) is -0.516. The smallest absolute Gasteiger partial charge is 0.347 e. The Labute approximate surface area is 109 Å². The zero-order valence-corrected chi connectivity index (χ0v) is 10.8. The summed E-state index contributed by atoms with van der Waals surface area (Å²) in [5, 5.41) is 2.43. The van der Waals surface area contributed by atoms with Crippen LogP contribution in [0.1, 0.15) is 32.9 Å². The highest BCUT2D eigenvalue weighted by Gasteiger charge is 2.27. The van der Waals surface area contributed by atoms with Crippen LogP contribution >= 0.6 is 0 Å². The predicted octanol–water partition coefficient (Wildman–Crippen LogP) is 0.468. The van der Waals surface area contributed by atoms with Crippen molar-refractivity contribution in [1.82, 2.24) is 9.55 Å². The molecule has 2 atom stereocenters. The van der Waals surface area contributed by atoms with Gasteiger partial charge in [-0.1, -0.05) is 0 Å². The fourth-order valence-corrected chi connectivity index (χ4v) is 1.94. The van der Waals surface area contributed by atoms with Gasteiger partial charge in [-0.3, -0.25) is 14.2 Å². The molecule has 1 aliphatic heterocycles. The number of amides is 1. The van der Waals surface area contributed by atoms with Gasteiger partial charge in [0.05, 0.1) is 0 Å². The Hall–Kier alpha value is -2.02. The molecule has 0 aromatic carbocycles. The summed E-state index contributed by atoms with van der Waals surface area (Å²) in [6.07, 6.45) is 1.34. The summed E-state index contributed by atoms with van der Waals surface area (Å²) >= 11 is 0. The van der Waals surface area contributed by atoms with Crippen LogP contribution < -0.4 is 11.0 Å².